The molecule has 0 saturated heterocycles. The molecule has 0 bridgehead atoms. The second-order valence-corrected chi connectivity index (χ2v) is 7.83. The van der Waals surface area contributed by atoms with Gasteiger partial charge in [-0.05, 0) is 76.6 Å². The van der Waals surface area contributed by atoms with Crippen molar-refractivity contribution in [3.05, 3.63) is 92.1 Å². The molecule has 0 aliphatic heterocycles. The maximum absolute atomic E-state index is 12.9. The van der Waals surface area contributed by atoms with Gasteiger partial charge in [0.25, 0.3) is 11.8 Å². The van der Waals surface area contributed by atoms with Crippen LogP contribution >= 0.6 is 31.9 Å². The van der Waals surface area contributed by atoms with Crippen LogP contribution in [0.5, 0.6) is 5.75 Å². The first kappa shape index (κ1) is 21.7. The lowest BCUT2D eigenvalue weighted by Crippen LogP contribution is -2.18. The number of nitrogens with one attached hydrogen (secondary N) is 2. The molecule has 3 rings (SSSR count). The number of hydrazone groups is 1. The van der Waals surface area contributed by atoms with Gasteiger partial charge in [-0.15, -0.1) is 0 Å². The number of phenols is 1. The van der Waals surface area contributed by atoms with Gasteiger partial charge in [0.2, 0.25) is 0 Å². The summed E-state index contributed by atoms with van der Waals surface area (Å²) in [4.78, 5) is 24.3. The third-order valence-corrected chi connectivity index (χ3v) is 5.00. The summed E-state index contributed by atoms with van der Waals surface area (Å²) in [5, 5.41) is 16.5. The molecular formula is C21H14Br2FN3O3. The van der Waals surface area contributed by atoms with Crippen LogP contribution in [0, 0.1) is 5.82 Å². The minimum atomic E-state index is -0.462. The molecule has 0 radical (unpaired) electrons. The summed E-state index contributed by atoms with van der Waals surface area (Å²) in [6.45, 7) is 0. The van der Waals surface area contributed by atoms with Crippen molar-refractivity contribution in [2.75, 3.05) is 5.32 Å². The average molecular weight is 535 g/mol. The maximum Gasteiger partial charge on any atom is 0.271 e. The second-order valence-electron chi connectivity index (χ2n) is 6.06. The van der Waals surface area contributed by atoms with E-state index in [1.165, 1.54) is 42.6 Å². The van der Waals surface area contributed by atoms with Crippen LogP contribution in [0.25, 0.3) is 0 Å². The molecule has 3 N–H and O–H groups in total. The zero-order valence-electron chi connectivity index (χ0n) is 15.2. The van der Waals surface area contributed by atoms with E-state index in [-0.39, 0.29) is 5.75 Å². The number of halogens is 3. The lowest BCUT2D eigenvalue weighted by Gasteiger charge is -2.06. The molecule has 0 spiro atoms. The predicted molar refractivity (Wildman–Crippen MR) is 119 cm³/mol. The number of rotatable bonds is 5. The Kier molecular flexibility index (Phi) is 6.96. The maximum atomic E-state index is 12.9. The van der Waals surface area contributed by atoms with Gasteiger partial charge in [-0.25, -0.2) is 9.82 Å². The van der Waals surface area contributed by atoms with Crippen molar-refractivity contribution >= 4 is 55.6 Å². The standard InChI is InChI=1S/C21H14Br2FN3O3/c22-15-9-14(19(28)18(23)10-15)11-25-27-21(30)13-3-7-17(8-4-13)26-20(29)12-1-5-16(24)6-2-12/h1-11,28H,(H,26,29)(H,27,30)/b25-11-. The summed E-state index contributed by atoms with van der Waals surface area (Å²) >= 11 is 6.53. The lowest BCUT2D eigenvalue weighted by molar-refractivity contribution is 0.0954. The molecule has 3 aromatic rings. The molecule has 0 unspecified atom stereocenters. The Bertz CT molecular complexity index is 1120. The molecule has 0 aliphatic carbocycles. The molecule has 2 amide bonds. The van der Waals surface area contributed by atoms with E-state index in [9.17, 15) is 19.1 Å². The Balaban J connectivity index is 1.61. The summed E-state index contributed by atoms with van der Waals surface area (Å²) < 4.78 is 14.2. The first-order valence-electron chi connectivity index (χ1n) is 8.52. The second kappa shape index (κ2) is 9.64. The minimum absolute atomic E-state index is 0.00236. The van der Waals surface area contributed by atoms with Crippen molar-refractivity contribution in [3.63, 3.8) is 0 Å². The number of anilines is 1. The van der Waals surface area contributed by atoms with Gasteiger partial charge in [-0.3, -0.25) is 9.59 Å². The fourth-order valence-electron chi connectivity index (χ4n) is 2.42. The molecule has 6 nitrogen and oxygen atoms in total. The third kappa shape index (κ3) is 5.52. The van der Waals surface area contributed by atoms with Crippen molar-refractivity contribution < 1.29 is 19.1 Å². The van der Waals surface area contributed by atoms with Crippen LogP contribution in [-0.4, -0.2) is 23.1 Å². The fraction of sp³-hybridized carbons (Fsp3) is 0. The van der Waals surface area contributed by atoms with Gasteiger partial charge in [-0.2, -0.15) is 5.10 Å². The number of benzene rings is 3. The Morgan fingerprint density at radius 1 is 0.933 bits per heavy atom. The van der Waals surface area contributed by atoms with E-state index in [1.807, 2.05) is 0 Å². The molecule has 9 heteroatoms. The molecule has 0 aliphatic rings. The van der Waals surface area contributed by atoms with Crippen molar-refractivity contribution in [1.82, 2.24) is 5.43 Å². The Morgan fingerprint density at radius 2 is 1.53 bits per heavy atom. The van der Waals surface area contributed by atoms with E-state index >= 15 is 0 Å². The molecule has 0 atom stereocenters. The van der Waals surface area contributed by atoms with Crippen LogP contribution in [0.15, 0.2) is 74.7 Å². The molecule has 152 valence electrons. The monoisotopic (exact) mass is 533 g/mol. The minimum Gasteiger partial charge on any atom is -0.506 e. The van der Waals surface area contributed by atoms with E-state index in [0.29, 0.717) is 26.9 Å². The van der Waals surface area contributed by atoms with E-state index in [1.54, 1.807) is 24.3 Å². The third-order valence-electron chi connectivity index (χ3n) is 3.94. The molecule has 0 fully saturated rings. The molecule has 0 heterocycles. The molecule has 3 aromatic carbocycles. The Labute approximate surface area is 188 Å². The number of nitrogens with zero attached hydrogens (tertiary/aromatic N) is 1. The summed E-state index contributed by atoms with van der Waals surface area (Å²) in [7, 11) is 0. The van der Waals surface area contributed by atoms with Gasteiger partial charge in [0.15, 0.2) is 0 Å². The molecule has 0 aromatic heterocycles. The van der Waals surface area contributed by atoms with E-state index < -0.39 is 17.6 Å². The van der Waals surface area contributed by atoms with Crippen LogP contribution in [0.2, 0.25) is 0 Å². The van der Waals surface area contributed by atoms with Crippen LogP contribution < -0.4 is 10.7 Å². The topological polar surface area (TPSA) is 90.8 Å². The SMILES string of the molecule is O=C(N/N=C\c1cc(Br)cc(Br)c1O)c1ccc(NC(=O)c2ccc(F)cc2)cc1. The van der Waals surface area contributed by atoms with Crippen LogP contribution in [0.3, 0.4) is 0 Å². The number of phenolic OH excluding ortho intramolecular Hbond substituents is 1. The van der Waals surface area contributed by atoms with Gasteiger partial charge in [0, 0.05) is 26.9 Å². The summed E-state index contributed by atoms with van der Waals surface area (Å²) in [6, 6.07) is 14.7. The zero-order chi connectivity index (χ0) is 21.7. The van der Waals surface area contributed by atoms with E-state index in [2.05, 4.69) is 47.7 Å². The number of aromatic hydroxyl groups is 1. The summed E-state index contributed by atoms with van der Waals surface area (Å²) in [5.41, 5.74) is 3.90. The smallest absolute Gasteiger partial charge is 0.271 e. The van der Waals surface area contributed by atoms with Gasteiger partial charge < -0.3 is 10.4 Å². The highest BCUT2D eigenvalue weighted by molar-refractivity contribution is 9.11. The van der Waals surface area contributed by atoms with Crippen LogP contribution in [0.1, 0.15) is 26.3 Å². The van der Waals surface area contributed by atoms with Gasteiger partial charge >= 0.3 is 0 Å². The van der Waals surface area contributed by atoms with Gasteiger partial charge in [-0.1, -0.05) is 15.9 Å². The summed E-state index contributed by atoms with van der Waals surface area (Å²) in [6.07, 6.45) is 1.32. The van der Waals surface area contributed by atoms with Crippen molar-refractivity contribution in [2.45, 2.75) is 0 Å². The molecular weight excluding hydrogens is 521 g/mol. The quantitative estimate of drug-likeness (QED) is 0.315. The van der Waals surface area contributed by atoms with Crippen LogP contribution in [0.4, 0.5) is 10.1 Å². The Hall–Kier alpha value is -3.04. The molecule has 30 heavy (non-hydrogen) atoms. The zero-order valence-corrected chi connectivity index (χ0v) is 18.4. The largest absolute Gasteiger partial charge is 0.506 e. The summed E-state index contributed by atoms with van der Waals surface area (Å²) in [5.74, 6) is -1.28. The Morgan fingerprint density at radius 3 is 2.20 bits per heavy atom. The van der Waals surface area contributed by atoms with Gasteiger partial charge in [0.05, 0.1) is 10.7 Å². The first-order valence-corrected chi connectivity index (χ1v) is 10.1. The van der Waals surface area contributed by atoms with Gasteiger partial charge in [0.1, 0.15) is 11.6 Å². The highest BCUT2D eigenvalue weighted by Crippen LogP contribution is 2.30. The highest BCUT2D eigenvalue weighted by atomic mass is 79.9. The normalized spacial score (nSPS) is 10.8. The number of amides is 2. The van der Waals surface area contributed by atoms with E-state index in [0.717, 1.165) is 4.47 Å². The fourth-order valence-corrected chi connectivity index (χ4v) is 3.68. The lowest BCUT2D eigenvalue weighted by atomic mass is 10.1. The number of carbonyl (C=O) groups excluding carboxylic acids is 2. The van der Waals surface area contributed by atoms with Crippen molar-refractivity contribution in [2.24, 2.45) is 5.10 Å². The predicted octanol–water partition coefficient (Wildman–Crippen LogP) is 5.07. The van der Waals surface area contributed by atoms with Crippen molar-refractivity contribution in [1.29, 1.82) is 0 Å². The molecule has 0 saturated carbocycles. The van der Waals surface area contributed by atoms with Crippen molar-refractivity contribution in [3.8, 4) is 5.75 Å². The highest BCUT2D eigenvalue weighted by Gasteiger charge is 2.09. The number of carbonyl (C=O) groups is 2. The van der Waals surface area contributed by atoms with Crippen LogP contribution in [-0.2, 0) is 0 Å². The first-order chi connectivity index (χ1) is 14.3. The average Bonchev–Trinajstić information content (AvgIpc) is 2.72. The van der Waals surface area contributed by atoms with E-state index in [4.69, 9.17) is 0 Å². The number of hydrogen-bond donors (Lipinski definition) is 3. The number of hydrogen-bond acceptors (Lipinski definition) is 4.